The molecule has 16 rings (SSSR count). The number of hydrogen-bond acceptors (Lipinski definition) is 1. The summed E-state index contributed by atoms with van der Waals surface area (Å²) >= 11 is 0. The Morgan fingerprint density at radius 1 is 0.440 bits per heavy atom. The van der Waals surface area contributed by atoms with Crippen LogP contribution in [0.25, 0.3) is 22.3 Å². The molecule has 0 amide bonds. The van der Waals surface area contributed by atoms with E-state index in [0.717, 1.165) is 6.42 Å². The van der Waals surface area contributed by atoms with E-state index in [1.807, 2.05) is 0 Å². The molecule has 1 fully saturated rings. The van der Waals surface area contributed by atoms with Crippen LogP contribution >= 0.6 is 0 Å². The molecule has 5 heterocycles. The first-order chi connectivity index (χ1) is 37.0. The van der Waals surface area contributed by atoms with Gasteiger partial charge in [-0.2, -0.15) is 0 Å². The van der Waals surface area contributed by atoms with Crippen LogP contribution in [-0.4, -0.2) is 21.9 Å². The van der Waals surface area contributed by atoms with Crippen molar-refractivity contribution in [3.05, 3.63) is 230 Å². The van der Waals surface area contributed by atoms with E-state index in [9.17, 15) is 0 Å². The average molecular weight is 974 g/mol. The topological polar surface area (TPSA) is 13.1 Å². The van der Waals surface area contributed by atoms with E-state index < -0.39 is 5.41 Å². The zero-order valence-electron chi connectivity index (χ0n) is 44.1. The number of para-hydroxylation sites is 2. The van der Waals surface area contributed by atoms with Crippen LogP contribution in [0.2, 0.25) is 0 Å². The Morgan fingerprint density at radius 3 is 1.71 bits per heavy atom. The van der Waals surface area contributed by atoms with Gasteiger partial charge in [-0.15, -0.1) is 0 Å². The molecule has 0 saturated heterocycles. The molecule has 370 valence electrons. The lowest BCUT2D eigenvalue weighted by Gasteiger charge is -2.50. The Labute approximate surface area is 444 Å². The Hall–Kier alpha value is -6.78. The minimum Gasteiger partial charge on any atom is -0.337 e. The predicted molar refractivity (Wildman–Crippen MR) is 312 cm³/mol. The van der Waals surface area contributed by atoms with Crippen LogP contribution in [0.4, 0.5) is 11.4 Å². The van der Waals surface area contributed by atoms with Crippen molar-refractivity contribution < 1.29 is 0 Å². The maximum Gasteiger partial charge on any atom is 0.242 e. The molecule has 75 heavy (non-hydrogen) atoms. The molecule has 2 unspecified atom stereocenters. The van der Waals surface area contributed by atoms with Crippen LogP contribution in [0.15, 0.2) is 158 Å². The normalized spacial score (nSPS) is 20.5. The molecular formula is C71H68BN3. The molecule has 0 bridgehead atoms. The lowest BCUT2D eigenvalue weighted by atomic mass is 9.26. The summed E-state index contributed by atoms with van der Waals surface area (Å²) in [6.07, 6.45) is 21.2. The molecular weight excluding hydrogens is 906 g/mol. The quantitative estimate of drug-likeness (QED) is 0.157. The Morgan fingerprint density at radius 2 is 0.987 bits per heavy atom. The lowest BCUT2D eigenvalue weighted by Crippen LogP contribution is -2.67. The van der Waals surface area contributed by atoms with Crippen LogP contribution in [0, 0.1) is 0 Å². The maximum absolute atomic E-state index is 2.86. The number of fused-ring (bicyclic) bond motifs is 13. The van der Waals surface area contributed by atoms with Gasteiger partial charge in [-0.3, -0.25) is 0 Å². The van der Waals surface area contributed by atoms with Crippen molar-refractivity contribution in [2.75, 3.05) is 4.90 Å². The van der Waals surface area contributed by atoms with Crippen LogP contribution < -0.4 is 21.3 Å². The second-order valence-electron chi connectivity index (χ2n) is 24.4. The number of aromatic nitrogens is 2. The van der Waals surface area contributed by atoms with Gasteiger partial charge in [0.2, 0.25) is 6.71 Å². The smallest absolute Gasteiger partial charge is 0.242 e. The fourth-order valence-corrected chi connectivity index (χ4v) is 17.3. The summed E-state index contributed by atoms with van der Waals surface area (Å²) in [4.78, 5) is 2.86. The van der Waals surface area contributed by atoms with Gasteiger partial charge in [0.05, 0.1) is 10.9 Å². The summed E-state index contributed by atoms with van der Waals surface area (Å²) in [5.41, 5.74) is 30.1. The van der Waals surface area contributed by atoms with Crippen molar-refractivity contribution in [3.8, 4) is 11.4 Å². The van der Waals surface area contributed by atoms with Crippen LogP contribution in [0.5, 0.6) is 0 Å². The highest BCUT2D eigenvalue weighted by Gasteiger charge is 2.54. The second kappa shape index (κ2) is 16.9. The highest BCUT2D eigenvalue weighted by molar-refractivity contribution is 6.97. The van der Waals surface area contributed by atoms with Crippen molar-refractivity contribution in [1.29, 1.82) is 0 Å². The van der Waals surface area contributed by atoms with Crippen molar-refractivity contribution in [2.45, 2.75) is 146 Å². The molecule has 9 aromatic rings. The molecule has 7 aliphatic rings. The monoisotopic (exact) mass is 974 g/mol. The summed E-state index contributed by atoms with van der Waals surface area (Å²) in [5.74, 6) is 0.539. The molecule has 0 N–H and O–H groups in total. The third-order valence-electron chi connectivity index (χ3n) is 20.4. The Kier molecular flexibility index (Phi) is 10.0. The molecule has 1 saturated carbocycles. The number of benzene rings is 7. The molecule has 2 atom stereocenters. The highest BCUT2D eigenvalue weighted by Crippen LogP contribution is 2.55. The minimum absolute atomic E-state index is 0.0602. The van der Waals surface area contributed by atoms with E-state index in [1.165, 1.54) is 192 Å². The number of aryl methyl sites for hydroxylation is 1. The van der Waals surface area contributed by atoms with E-state index in [0.29, 0.717) is 12.0 Å². The van der Waals surface area contributed by atoms with Gasteiger partial charge in [-0.05, 0) is 194 Å². The zero-order chi connectivity index (χ0) is 49.6. The fraction of sp³-hybridized carbons (Fsp3) is 0.324. The first kappa shape index (κ1) is 44.5. The van der Waals surface area contributed by atoms with Gasteiger partial charge >= 0.3 is 0 Å². The third-order valence-corrected chi connectivity index (χ3v) is 20.4. The molecule has 3 nitrogen and oxygen atoms in total. The SMILES string of the molecule is CC1(C)c2cc(-n3c4c(c5ccccc53)CCCC4)ccc2B2c3ccc(-n4c5c(c6c4CCCC6)CCCC5)cc3C(c3ccccc3)(c3ccccc3)c3cc(N4c5ccccc5C5CCCCCC54)cc1c32. The van der Waals surface area contributed by atoms with Crippen LogP contribution in [0.1, 0.15) is 163 Å². The van der Waals surface area contributed by atoms with E-state index in [1.54, 1.807) is 33.6 Å². The van der Waals surface area contributed by atoms with Crippen LogP contribution in [-0.2, 0) is 49.4 Å². The van der Waals surface area contributed by atoms with E-state index in [-0.39, 0.29) is 12.1 Å². The third kappa shape index (κ3) is 6.23. The molecule has 0 radical (unpaired) electrons. The van der Waals surface area contributed by atoms with Gasteiger partial charge < -0.3 is 14.0 Å². The maximum atomic E-state index is 2.86. The summed E-state index contributed by atoms with van der Waals surface area (Å²) < 4.78 is 5.47. The largest absolute Gasteiger partial charge is 0.337 e. The Balaban J connectivity index is 1.03. The van der Waals surface area contributed by atoms with Crippen molar-refractivity contribution in [3.63, 3.8) is 0 Å². The summed E-state index contributed by atoms with van der Waals surface area (Å²) in [5, 5.41) is 1.44. The van der Waals surface area contributed by atoms with E-state index in [4.69, 9.17) is 0 Å². The average Bonchev–Trinajstić information content (AvgIpc) is 4.02. The number of nitrogens with zero attached hydrogens (tertiary/aromatic N) is 3. The molecule has 4 aliphatic carbocycles. The van der Waals surface area contributed by atoms with Gasteiger partial charge in [-0.1, -0.05) is 159 Å². The first-order valence-electron chi connectivity index (χ1n) is 29.3. The summed E-state index contributed by atoms with van der Waals surface area (Å²) in [7, 11) is 0. The number of anilines is 2. The van der Waals surface area contributed by atoms with E-state index >= 15 is 0 Å². The van der Waals surface area contributed by atoms with Gasteiger partial charge in [0, 0.05) is 62.6 Å². The summed E-state index contributed by atoms with van der Waals surface area (Å²) in [6.45, 7) is 5.21. The molecule has 2 aromatic heterocycles. The standard InChI is InChI=1S/C71H68BN3/c1-70(2)57-42-48(73-63-33-17-12-27-52(63)53-28-13-18-34-64(53)73)38-40-61(57)72-62-41-39-49(74-65-35-19-14-29-54(65)55-30-15-20-36-66(55)74)43-58(62)71(46-22-6-3-7-23-46,47-24-8-4-9-25-47)60-45-50(44-59(70)69(60)72)75-67-32-11-5-10-26-51(67)56-31-16-21-37-68(56)75/h3-4,6-9,12,16-17,21-25,27,31,33,37-45,51,67H,5,10-11,13-15,18-20,26,28-30,32,34-36H2,1-2H3. The van der Waals surface area contributed by atoms with Gasteiger partial charge in [0.1, 0.15) is 0 Å². The fourth-order valence-electron chi connectivity index (χ4n) is 17.3. The van der Waals surface area contributed by atoms with Gasteiger partial charge in [0.15, 0.2) is 0 Å². The minimum atomic E-state index is -0.601. The van der Waals surface area contributed by atoms with Gasteiger partial charge in [0.25, 0.3) is 0 Å². The zero-order valence-corrected chi connectivity index (χ0v) is 44.1. The lowest BCUT2D eigenvalue weighted by molar-refractivity contribution is 0.528. The first-order valence-corrected chi connectivity index (χ1v) is 29.3. The number of hydrogen-bond donors (Lipinski definition) is 0. The highest BCUT2D eigenvalue weighted by atomic mass is 15.2. The predicted octanol–water partition coefficient (Wildman–Crippen LogP) is 14.5. The van der Waals surface area contributed by atoms with Crippen molar-refractivity contribution in [2.24, 2.45) is 0 Å². The number of rotatable bonds is 5. The molecule has 3 aliphatic heterocycles. The van der Waals surface area contributed by atoms with Crippen LogP contribution in [0.3, 0.4) is 0 Å². The van der Waals surface area contributed by atoms with Crippen molar-refractivity contribution >= 4 is 45.4 Å². The second-order valence-corrected chi connectivity index (χ2v) is 24.4. The molecule has 0 spiro atoms. The molecule has 4 heteroatoms. The van der Waals surface area contributed by atoms with Crippen molar-refractivity contribution in [1.82, 2.24) is 9.13 Å². The Bertz CT molecular complexity index is 3700. The molecule has 7 aromatic carbocycles. The summed E-state index contributed by atoms with van der Waals surface area (Å²) in [6, 6.07) is 63.9. The van der Waals surface area contributed by atoms with E-state index in [2.05, 4.69) is 186 Å². The van der Waals surface area contributed by atoms with Gasteiger partial charge in [-0.25, -0.2) is 0 Å².